The van der Waals surface area contributed by atoms with E-state index in [1.807, 2.05) is 0 Å². The van der Waals surface area contributed by atoms with E-state index in [1.54, 1.807) is 25.1 Å². The van der Waals surface area contributed by atoms with Crippen molar-refractivity contribution in [2.24, 2.45) is 5.14 Å². The molecule has 116 valence electrons. The van der Waals surface area contributed by atoms with E-state index >= 15 is 0 Å². The van der Waals surface area contributed by atoms with Gasteiger partial charge in [0.15, 0.2) is 0 Å². The molecule has 0 aromatic heterocycles. The lowest BCUT2D eigenvalue weighted by atomic mass is 10.2. The van der Waals surface area contributed by atoms with E-state index in [0.29, 0.717) is 10.7 Å². The van der Waals surface area contributed by atoms with Gasteiger partial charge in [-0.3, -0.25) is 4.79 Å². The number of hydrogen-bond donors (Lipinski definition) is 2. The number of benzene rings is 2. The van der Waals surface area contributed by atoms with Gasteiger partial charge in [-0.1, -0.05) is 23.2 Å². The number of carbonyl (C=O) groups excluding carboxylic acids is 1. The number of aryl methyl sites for hydroxylation is 1. The highest BCUT2D eigenvalue weighted by Crippen LogP contribution is 2.23. The molecule has 0 spiro atoms. The number of amides is 1. The number of rotatable bonds is 3. The predicted molar refractivity (Wildman–Crippen MR) is 87.0 cm³/mol. The van der Waals surface area contributed by atoms with Crippen LogP contribution in [0.5, 0.6) is 0 Å². The van der Waals surface area contributed by atoms with Gasteiger partial charge in [0, 0.05) is 16.3 Å². The number of anilines is 1. The average Bonchev–Trinajstić information content (AvgIpc) is 2.42. The summed E-state index contributed by atoms with van der Waals surface area (Å²) in [5.41, 5.74) is 1.47. The van der Waals surface area contributed by atoms with Crippen molar-refractivity contribution < 1.29 is 13.2 Å². The lowest BCUT2D eigenvalue weighted by Gasteiger charge is -2.09. The van der Waals surface area contributed by atoms with Crippen LogP contribution in [-0.4, -0.2) is 14.3 Å². The molecule has 8 heteroatoms. The first-order valence-electron chi connectivity index (χ1n) is 6.08. The van der Waals surface area contributed by atoms with Crippen molar-refractivity contribution in [2.75, 3.05) is 5.32 Å². The number of hydrogen-bond acceptors (Lipinski definition) is 3. The Morgan fingerprint density at radius 3 is 2.32 bits per heavy atom. The zero-order valence-corrected chi connectivity index (χ0v) is 13.8. The van der Waals surface area contributed by atoms with Crippen LogP contribution in [0.1, 0.15) is 15.9 Å². The van der Waals surface area contributed by atoms with Crippen LogP contribution in [0, 0.1) is 6.92 Å². The number of halogens is 2. The average molecular weight is 359 g/mol. The molecular weight excluding hydrogens is 347 g/mol. The lowest BCUT2D eigenvalue weighted by molar-refractivity contribution is 0.102. The van der Waals surface area contributed by atoms with Gasteiger partial charge in [-0.05, 0) is 48.9 Å². The zero-order valence-electron chi connectivity index (χ0n) is 11.4. The van der Waals surface area contributed by atoms with Crippen molar-refractivity contribution in [1.82, 2.24) is 0 Å². The summed E-state index contributed by atoms with van der Waals surface area (Å²) < 4.78 is 22.8. The van der Waals surface area contributed by atoms with Crippen LogP contribution in [0.2, 0.25) is 10.0 Å². The third-order valence-corrected chi connectivity index (χ3v) is 4.73. The summed E-state index contributed by atoms with van der Waals surface area (Å²) in [7, 11) is -4.00. The molecule has 2 rings (SSSR count). The summed E-state index contributed by atoms with van der Waals surface area (Å²) in [4.78, 5) is 11.9. The second kappa shape index (κ2) is 6.26. The van der Waals surface area contributed by atoms with Crippen molar-refractivity contribution in [3.8, 4) is 0 Å². The molecule has 2 aromatic rings. The Balaban J connectivity index is 2.32. The molecule has 0 bridgehead atoms. The molecule has 0 aliphatic carbocycles. The Morgan fingerprint density at radius 2 is 1.73 bits per heavy atom. The summed E-state index contributed by atoms with van der Waals surface area (Å²) in [5.74, 6) is -0.483. The number of primary sulfonamides is 1. The van der Waals surface area contributed by atoms with Crippen molar-refractivity contribution >= 4 is 44.8 Å². The summed E-state index contributed by atoms with van der Waals surface area (Å²) in [6, 6.07) is 8.86. The van der Waals surface area contributed by atoms with Crippen LogP contribution in [0.25, 0.3) is 0 Å². The van der Waals surface area contributed by atoms with Gasteiger partial charge in [-0.15, -0.1) is 0 Å². The lowest BCUT2D eigenvalue weighted by Crippen LogP contribution is -2.16. The summed E-state index contributed by atoms with van der Waals surface area (Å²) >= 11 is 11.7. The van der Waals surface area contributed by atoms with Gasteiger partial charge in [-0.2, -0.15) is 0 Å². The van der Waals surface area contributed by atoms with Crippen molar-refractivity contribution in [3.05, 3.63) is 57.6 Å². The standard InChI is InChI=1S/C14H12Cl2N2O3S/c1-8-6-10(3-5-11(8)15)18-14(19)9-2-4-12(16)13(7-9)22(17,20)21/h2-7H,1H3,(H,18,19)(H2,17,20,21). The molecule has 22 heavy (non-hydrogen) atoms. The van der Waals surface area contributed by atoms with E-state index in [-0.39, 0.29) is 15.5 Å². The van der Waals surface area contributed by atoms with E-state index in [0.717, 1.165) is 11.6 Å². The van der Waals surface area contributed by atoms with Crippen LogP contribution in [0.15, 0.2) is 41.3 Å². The number of carbonyl (C=O) groups is 1. The maximum atomic E-state index is 12.2. The molecule has 0 saturated carbocycles. The largest absolute Gasteiger partial charge is 0.322 e. The normalized spacial score (nSPS) is 11.3. The van der Waals surface area contributed by atoms with E-state index in [1.165, 1.54) is 12.1 Å². The van der Waals surface area contributed by atoms with Crippen LogP contribution >= 0.6 is 23.2 Å². The molecule has 0 heterocycles. The molecule has 0 saturated heterocycles. The minimum atomic E-state index is -4.00. The second-order valence-electron chi connectivity index (χ2n) is 4.61. The first kappa shape index (κ1) is 16.8. The van der Waals surface area contributed by atoms with E-state index in [2.05, 4.69) is 5.32 Å². The van der Waals surface area contributed by atoms with E-state index in [9.17, 15) is 13.2 Å². The fourth-order valence-corrected chi connectivity index (χ4v) is 2.98. The first-order chi connectivity index (χ1) is 10.2. The molecule has 0 fully saturated rings. The Labute approximate surface area is 138 Å². The van der Waals surface area contributed by atoms with Gasteiger partial charge >= 0.3 is 0 Å². The smallest absolute Gasteiger partial charge is 0.255 e. The Bertz CT molecular complexity index is 851. The fraction of sp³-hybridized carbons (Fsp3) is 0.0714. The second-order valence-corrected chi connectivity index (χ2v) is 6.95. The van der Waals surface area contributed by atoms with Gasteiger partial charge in [0.1, 0.15) is 4.90 Å². The highest BCUT2D eigenvalue weighted by atomic mass is 35.5. The van der Waals surface area contributed by atoms with E-state index < -0.39 is 15.9 Å². The summed E-state index contributed by atoms with van der Waals surface area (Å²) in [5, 5.41) is 8.25. The molecule has 1 amide bonds. The monoisotopic (exact) mass is 358 g/mol. The molecule has 0 unspecified atom stereocenters. The number of nitrogens with one attached hydrogen (secondary N) is 1. The predicted octanol–water partition coefficient (Wildman–Crippen LogP) is 3.20. The van der Waals surface area contributed by atoms with Gasteiger partial charge in [0.05, 0.1) is 5.02 Å². The molecule has 0 aliphatic heterocycles. The topological polar surface area (TPSA) is 89.3 Å². The zero-order chi connectivity index (χ0) is 16.5. The molecule has 3 N–H and O–H groups in total. The quantitative estimate of drug-likeness (QED) is 0.882. The molecule has 0 atom stereocenters. The minimum absolute atomic E-state index is 0.0404. The van der Waals surface area contributed by atoms with Crippen molar-refractivity contribution in [2.45, 2.75) is 11.8 Å². The van der Waals surface area contributed by atoms with Crippen LogP contribution in [-0.2, 0) is 10.0 Å². The maximum Gasteiger partial charge on any atom is 0.255 e. The van der Waals surface area contributed by atoms with Gasteiger partial charge in [0.2, 0.25) is 10.0 Å². The van der Waals surface area contributed by atoms with Gasteiger partial charge in [-0.25, -0.2) is 13.6 Å². The van der Waals surface area contributed by atoms with Crippen molar-refractivity contribution in [1.29, 1.82) is 0 Å². The first-order valence-corrected chi connectivity index (χ1v) is 8.38. The summed E-state index contributed by atoms with van der Waals surface area (Å²) in [6.07, 6.45) is 0. The molecule has 2 aromatic carbocycles. The van der Waals surface area contributed by atoms with Gasteiger partial charge in [0.25, 0.3) is 5.91 Å². The highest BCUT2D eigenvalue weighted by molar-refractivity contribution is 7.89. The van der Waals surface area contributed by atoms with Crippen LogP contribution in [0.3, 0.4) is 0 Å². The van der Waals surface area contributed by atoms with E-state index in [4.69, 9.17) is 28.3 Å². The van der Waals surface area contributed by atoms with Crippen LogP contribution < -0.4 is 10.5 Å². The molecule has 0 aliphatic rings. The fourth-order valence-electron chi connectivity index (χ4n) is 1.79. The Morgan fingerprint density at radius 1 is 1.09 bits per heavy atom. The molecule has 0 radical (unpaired) electrons. The Kier molecular flexibility index (Phi) is 4.77. The third kappa shape index (κ3) is 3.78. The summed E-state index contributed by atoms with van der Waals surface area (Å²) in [6.45, 7) is 1.80. The number of sulfonamides is 1. The minimum Gasteiger partial charge on any atom is -0.322 e. The SMILES string of the molecule is Cc1cc(NC(=O)c2ccc(Cl)c(S(N)(=O)=O)c2)ccc1Cl. The van der Waals surface area contributed by atoms with Gasteiger partial charge < -0.3 is 5.32 Å². The third-order valence-electron chi connectivity index (χ3n) is 2.92. The van der Waals surface area contributed by atoms with Crippen LogP contribution in [0.4, 0.5) is 5.69 Å². The number of nitrogens with two attached hydrogens (primary N) is 1. The Hall–Kier alpha value is -1.60. The molecule has 5 nitrogen and oxygen atoms in total. The van der Waals surface area contributed by atoms with Crippen molar-refractivity contribution in [3.63, 3.8) is 0 Å². The molecular formula is C14H12Cl2N2O3S. The maximum absolute atomic E-state index is 12.2. The highest BCUT2D eigenvalue weighted by Gasteiger charge is 2.16.